The zero-order valence-electron chi connectivity index (χ0n) is 13.7. The third kappa shape index (κ3) is 4.50. The Bertz CT molecular complexity index is 456. The largest absolute Gasteiger partial charge is 0.370 e. The molecule has 1 aliphatic rings. The van der Waals surface area contributed by atoms with Crippen LogP contribution in [0.2, 0.25) is 0 Å². The van der Waals surface area contributed by atoms with Crippen LogP contribution in [-0.4, -0.2) is 34.1 Å². The Balaban J connectivity index is 2.14. The molecule has 1 fully saturated rings. The van der Waals surface area contributed by atoms with Gasteiger partial charge in [-0.05, 0) is 31.9 Å². The lowest BCUT2D eigenvalue weighted by Gasteiger charge is -2.17. The molecule has 0 aromatic carbocycles. The van der Waals surface area contributed by atoms with Crippen molar-refractivity contribution in [2.24, 2.45) is 0 Å². The molecule has 1 aromatic rings. The van der Waals surface area contributed by atoms with E-state index in [1.165, 1.54) is 18.6 Å². The van der Waals surface area contributed by atoms with Crippen molar-refractivity contribution in [1.29, 1.82) is 0 Å². The molecule has 5 heteroatoms. The molecule has 1 saturated heterocycles. The van der Waals surface area contributed by atoms with Gasteiger partial charge in [0.05, 0.1) is 0 Å². The lowest BCUT2D eigenvalue weighted by atomic mass is 10.2. The Kier molecular flexibility index (Phi) is 6.15. The molecule has 2 heterocycles. The molecule has 1 unspecified atom stereocenters. The van der Waals surface area contributed by atoms with Crippen LogP contribution in [0.25, 0.3) is 0 Å². The highest BCUT2D eigenvalue weighted by molar-refractivity contribution is 8.00. The Morgan fingerprint density at radius 2 is 1.95 bits per heavy atom. The van der Waals surface area contributed by atoms with Gasteiger partial charge in [-0.1, -0.05) is 20.8 Å². The van der Waals surface area contributed by atoms with Crippen LogP contribution >= 0.6 is 11.8 Å². The molecule has 0 amide bonds. The number of hydrogen-bond acceptors (Lipinski definition) is 5. The number of nitrogens with one attached hydrogen (secondary N) is 2. The van der Waals surface area contributed by atoms with E-state index < -0.39 is 0 Å². The van der Waals surface area contributed by atoms with Crippen LogP contribution in [-0.2, 0) is 0 Å². The van der Waals surface area contributed by atoms with Gasteiger partial charge in [0.2, 0.25) is 0 Å². The van der Waals surface area contributed by atoms with Crippen LogP contribution in [0.1, 0.15) is 57.3 Å². The summed E-state index contributed by atoms with van der Waals surface area (Å²) in [7, 11) is 0. The molecule has 0 radical (unpaired) electrons. The quantitative estimate of drug-likeness (QED) is 0.796. The second-order valence-electron chi connectivity index (χ2n) is 6.00. The summed E-state index contributed by atoms with van der Waals surface area (Å²) in [5.41, 5.74) is 1.14. The van der Waals surface area contributed by atoms with Crippen LogP contribution in [0.3, 0.4) is 0 Å². The topological polar surface area (TPSA) is 49.8 Å². The maximum absolute atomic E-state index is 4.73. The summed E-state index contributed by atoms with van der Waals surface area (Å²) < 4.78 is 0. The van der Waals surface area contributed by atoms with E-state index in [0.717, 1.165) is 47.8 Å². The van der Waals surface area contributed by atoms with Gasteiger partial charge in [0.25, 0.3) is 0 Å². The standard InChI is InChI=1S/C16H28N4S/c1-5-8-17-15-12(4)16(20-14(19-15)11(2)3)18-10-13-7-6-9-21-13/h11,13H,5-10H2,1-4H3,(H2,17,18,19,20). The summed E-state index contributed by atoms with van der Waals surface area (Å²) >= 11 is 2.07. The van der Waals surface area contributed by atoms with E-state index in [2.05, 4.69) is 55.1 Å². The van der Waals surface area contributed by atoms with Crippen molar-refractivity contribution < 1.29 is 0 Å². The highest BCUT2D eigenvalue weighted by Gasteiger charge is 2.17. The van der Waals surface area contributed by atoms with Crippen LogP contribution in [0.15, 0.2) is 0 Å². The number of rotatable bonds is 7. The predicted molar refractivity (Wildman–Crippen MR) is 93.6 cm³/mol. The zero-order valence-corrected chi connectivity index (χ0v) is 14.5. The lowest BCUT2D eigenvalue weighted by molar-refractivity contribution is 0.765. The first-order valence-corrected chi connectivity index (χ1v) is 9.14. The molecule has 118 valence electrons. The van der Waals surface area contributed by atoms with Crippen molar-refractivity contribution in [3.63, 3.8) is 0 Å². The summed E-state index contributed by atoms with van der Waals surface area (Å²) in [5.74, 6) is 4.54. The maximum atomic E-state index is 4.73. The highest BCUT2D eigenvalue weighted by Crippen LogP contribution is 2.28. The first-order valence-electron chi connectivity index (χ1n) is 8.09. The molecule has 0 aliphatic carbocycles. The average Bonchev–Trinajstić information content (AvgIpc) is 2.98. The monoisotopic (exact) mass is 308 g/mol. The molecule has 21 heavy (non-hydrogen) atoms. The minimum atomic E-state index is 0.342. The SMILES string of the molecule is CCCNc1nc(C(C)C)nc(NCC2CCCS2)c1C. The normalized spacial score (nSPS) is 18.2. The van der Waals surface area contributed by atoms with Crippen molar-refractivity contribution in [2.45, 2.75) is 58.1 Å². The van der Waals surface area contributed by atoms with Crippen LogP contribution in [0.4, 0.5) is 11.6 Å². The van der Waals surface area contributed by atoms with Crippen molar-refractivity contribution in [1.82, 2.24) is 9.97 Å². The van der Waals surface area contributed by atoms with Crippen LogP contribution in [0.5, 0.6) is 0 Å². The maximum Gasteiger partial charge on any atom is 0.135 e. The molecule has 1 atom stereocenters. The van der Waals surface area contributed by atoms with E-state index in [9.17, 15) is 0 Å². The highest BCUT2D eigenvalue weighted by atomic mass is 32.2. The summed E-state index contributed by atoms with van der Waals surface area (Å²) in [6.45, 7) is 10.5. The summed E-state index contributed by atoms with van der Waals surface area (Å²) in [4.78, 5) is 9.41. The van der Waals surface area contributed by atoms with Gasteiger partial charge >= 0.3 is 0 Å². The van der Waals surface area contributed by atoms with Gasteiger partial charge in [0.1, 0.15) is 17.5 Å². The smallest absolute Gasteiger partial charge is 0.135 e. The van der Waals surface area contributed by atoms with Crippen molar-refractivity contribution in [3.05, 3.63) is 11.4 Å². The molecule has 2 N–H and O–H groups in total. The first-order chi connectivity index (χ1) is 10.1. The van der Waals surface area contributed by atoms with Crippen molar-refractivity contribution >= 4 is 23.4 Å². The molecule has 0 spiro atoms. The molecule has 2 rings (SSSR count). The van der Waals surface area contributed by atoms with Crippen molar-refractivity contribution in [3.8, 4) is 0 Å². The first kappa shape index (κ1) is 16.4. The Morgan fingerprint density at radius 1 is 1.24 bits per heavy atom. The molecular weight excluding hydrogens is 280 g/mol. The van der Waals surface area contributed by atoms with Gasteiger partial charge in [0.15, 0.2) is 0 Å². The number of hydrogen-bond donors (Lipinski definition) is 2. The fraction of sp³-hybridized carbons (Fsp3) is 0.750. The number of thioether (sulfide) groups is 1. The van der Waals surface area contributed by atoms with Gasteiger partial charge in [-0.25, -0.2) is 9.97 Å². The molecule has 1 aliphatic heterocycles. The van der Waals surface area contributed by atoms with E-state index in [-0.39, 0.29) is 0 Å². The lowest BCUT2D eigenvalue weighted by Crippen LogP contribution is -2.17. The van der Waals surface area contributed by atoms with E-state index in [0.29, 0.717) is 5.92 Å². The van der Waals surface area contributed by atoms with Crippen LogP contribution < -0.4 is 10.6 Å². The fourth-order valence-electron chi connectivity index (χ4n) is 2.40. The van der Waals surface area contributed by atoms with Crippen LogP contribution in [0, 0.1) is 6.92 Å². The second kappa shape index (κ2) is 7.87. The van der Waals surface area contributed by atoms with Gasteiger partial charge in [-0.3, -0.25) is 0 Å². The Labute approximate surface area is 132 Å². The zero-order chi connectivity index (χ0) is 15.2. The van der Waals surface area contributed by atoms with E-state index in [1.807, 2.05) is 0 Å². The molecule has 0 bridgehead atoms. The van der Waals surface area contributed by atoms with Gasteiger partial charge in [0, 0.05) is 29.8 Å². The van der Waals surface area contributed by atoms with Gasteiger partial charge < -0.3 is 10.6 Å². The average molecular weight is 308 g/mol. The number of nitrogens with zero attached hydrogens (tertiary/aromatic N) is 2. The van der Waals surface area contributed by atoms with Gasteiger partial charge in [-0.15, -0.1) is 0 Å². The summed E-state index contributed by atoms with van der Waals surface area (Å²) in [5, 5.41) is 7.72. The third-order valence-electron chi connectivity index (χ3n) is 3.74. The number of aromatic nitrogens is 2. The fourth-order valence-corrected chi connectivity index (χ4v) is 3.60. The predicted octanol–water partition coefficient (Wildman–Crippen LogP) is 4.04. The molecular formula is C16H28N4S. The molecule has 4 nitrogen and oxygen atoms in total. The Morgan fingerprint density at radius 3 is 2.52 bits per heavy atom. The van der Waals surface area contributed by atoms with Crippen molar-refractivity contribution in [2.75, 3.05) is 29.5 Å². The Hall–Kier alpha value is -0.970. The van der Waals surface area contributed by atoms with E-state index in [1.54, 1.807) is 0 Å². The van der Waals surface area contributed by atoms with E-state index in [4.69, 9.17) is 4.98 Å². The molecule has 1 aromatic heterocycles. The number of anilines is 2. The summed E-state index contributed by atoms with van der Waals surface area (Å²) in [6.07, 6.45) is 3.77. The molecule has 0 saturated carbocycles. The second-order valence-corrected chi connectivity index (χ2v) is 7.41. The van der Waals surface area contributed by atoms with E-state index >= 15 is 0 Å². The van der Waals surface area contributed by atoms with Gasteiger partial charge in [-0.2, -0.15) is 11.8 Å². The minimum Gasteiger partial charge on any atom is -0.370 e. The minimum absolute atomic E-state index is 0.342. The summed E-state index contributed by atoms with van der Waals surface area (Å²) in [6, 6.07) is 0. The third-order valence-corrected chi connectivity index (χ3v) is 5.14.